The van der Waals surface area contributed by atoms with Crippen LogP contribution in [0.25, 0.3) is 0 Å². The summed E-state index contributed by atoms with van der Waals surface area (Å²) in [7, 11) is 0. The zero-order chi connectivity index (χ0) is 10.7. The molecule has 0 aliphatic rings. The van der Waals surface area contributed by atoms with Crippen molar-refractivity contribution in [2.24, 2.45) is 0 Å². The third kappa shape index (κ3) is 2.60. The fourth-order valence-electron chi connectivity index (χ4n) is 1.04. The maximum absolute atomic E-state index is 9.26. The molecule has 0 saturated heterocycles. The maximum atomic E-state index is 9.26. The molecule has 15 heavy (non-hydrogen) atoms. The van der Waals surface area contributed by atoms with E-state index in [1.54, 1.807) is 30.0 Å². The van der Waals surface area contributed by atoms with Gasteiger partial charge in [-0.05, 0) is 18.2 Å². The van der Waals surface area contributed by atoms with Gasteiger partial charge in [0.1, 0.15) is 16.4 Å². The van der Waals surface area contributed by atoms with E-state index in [4.69, 9.17) is 5.73 Å². The molecule has 4 nitrogen and oxygen atoms in total. The molecular formula is C9H9N3OS2. The minimum Gasteiger partial charge on any atom is -0.508 e. The minimum absolute atomic E-state index is 0.268. The number of nitrogens with zero attached hydrogens (tertiary/aromatic N) is 2. The molecule has 0 aliphatic carbocycles. The number of phenols is 1. The second-order valence-electron chi connectivity index (χ2n) is 2.87. The number of hydrogen-bond donors (Lipinski definition) is 2. The number of aromatic hydroxyl groups is 1. The van der Waals surface area contributed by atoms with E-state index in [0.717, 1.165) is 10.6 Å². The first-order chi connectivity index (χ1) is 7.25. The van der Waals surface area contributed by atoms with E-state index in [9.17, 15) is 5.11 Å². The Morgan fingerprint density at radius 2 is 2.33 bits per heavy atom. The van der Waals surface area contributed by atoms with Gasteiger partial charge in [-0.2, -0.15) is 0 Å². The first-order valence-corrected chi connectivity index (χ1v) is 6.00. The summed E-state index contributed by atoms with van der Waals surface area (Å²) in [4.78, 5) is 0.988. The molecule has 0 aliphatic heterocycles. The molecule has 78 valence electrons. The summed E-state index contributed by atoms with van der Waals surface area (Å²) >= 11 is 2.77. The van der Waals surface area contributed by atoms with E-state index in [1.807, 2.05) is 6.07 Å². The first kappa shape index (κ1) is 10.3. The van der Waals surface area contributed by atoms with Crippen LogP contribution in [0.3, 0.4) is 0 Å². The molecule has 1 heterocycles. The molecule has 0 fully saturated rings. The van der Waals surface area contributed by atoms with E-state index in [-0.39, 0.29) is 5.75 Å². The highest BCUT2D eigenvalue weighted by atomic mass is 32.2. The summed E-state index contributed by atoms with van der Waals surface area (Å²) in [5.74, 6) is 0.940. The van der Waals surface area contributed by atoms with Gasteiger partial charge < -0.3 is 10.8 Å². The monoisotopic (exact) mass is 239 g/mol. The summed E-state index contributed by atoms with van der Waals surface area (Å²) < 4.78 is 3.76. The minimum atomic E-state index is 0.268. The summed E-state index contributed by atoms with van der Waals surface area (Å²) in [6, 6.07) is 7.09. The van der Waals surface area contributed by atoms with E-state index >= 15 is 0 Å². The highest BCUT2D eigenvalue weighted by Gasteiger charge is 2.04. The van der Waals surface area contributed by atoms with Crippen molar-refractivity contribution in [1.29, 1.82) is 0 Å². The van der Waals surface area contributed by atoms with Gasteiger partial charge in [0.25, 0.3) is 0 Å². The topological polar surface area (TPSA) is 72.0 Å². The van der Waals surface area contributed by atoms with Gasteiger partial charge in [0.05, 0.1) is 0 Å². The largest absolute Gasteiger partial charge is 0.508 e. The standard InChI is InChI=1S/C9H9N3OS2/c10-9-8(11-12-15-9)5-14-7-3-1-2-6(13)4-7/h1-4,13H,5,10H2. The number of phenolic OH excluding ortho intramolecular Hbond substituents is 1. The smallest absolute Gasteiger partial charge is 0.131 e. The van der Waals surface area contributed by atoms with Gasteiger partial charge in [-0.25, -0.2) is 0 Å². The average molecular weight is 239 g/mol. The van der Waals surface area contributed by atoms with Gasteiger partial charge in [-0.15, -0.1) is 16.9 Å². The molecule has 1 aromatic heterocycles. The van der Waals surface area contributed by atoms with Crippen LogP contribution in [0.1, 0.15) is 5.69 Å². The number of thioether (sulfide) groups is 1. The van der Waals surface area contributed by atoms with Gasteiger partial charge in [-0.1, -0.05) is 10.6 Å². The van der Waals surface area contributed by atoms with Crippen LogP contribution < -0.4 is 5.73 Å². The van der Waals surface area contributed by atoms with Crippen molar-refractivity contribution in [2.45, 2.75) is 10.6 Å². The second kappa shape index (κ2) is 4.50. The Bertz CT molecular complexity index is 458. The van der Waals surface area contributed by atoms with Crippen LogP contribution >= 0.6 is 23.3 Å². The Kier molecular flexibility index (Phi) is 3.08. The van der Waals surface area contributed by atoms with Crippen LogP contribution in [0.15, 0.2) is 29.2 Å². The van der Waals surface area contributed by atoms with Crippen LogP contribution in [0.4, 0.5) is 5.00 Å². The zero-order valence-electron chi connectivity index (χ0n) is 7.75. The predicted molar refractivity (Wildman–Crippen MR) is 62.0 cm³/mol. The molecule has 0 unspecified atom stereocenters. The highest BCUT2D eigenvalue weighted by molar-refractivity contribution is 7.98. The van der Waals surface area contributed by atoms with Crippen molar-refractivity contribution in [3.8, 4) is 5.75 Å². The lowest BCUT2D eigenvalue weighted by Gasteiger charge is -2.00. The van der Waals surface area contributed by atoms with Gasteiger partial charge in [0, 0.05) is 22.2 Å². The lowest BCUT2D eigenvalue weighted by Crippen LogP contribution is -1.88. The van der Waals surface area contributed by atoms with Gasteiger partial charge in [-0.3, -0.25) is 0 Å². The number of anilines is 1. The third-order valence-corrected chi connectivity index (χ3v) is 3.38. The van der Waals surface area contributed by atoms with E-state index < -0.39 is 0 Å². The predicted octanol–water partition coefficient (Wildman–Crippen LogP) is 2.12. The Morgan fingerprint density at radius 3 is 3.00 bits per heavy atom. The molecule has 2 rings (SSSR count). The average Bonchev–Trinajstić information content (AvgIpc) is 2.61. The Balaban J connectivity index is 2.02. The summed E-state index contributed by atoms with van der Waals surface area (Å²) in [6.07, 6.45) is 0. The number of nitrogen functional groups attached to an aromatic ring is 1. The highest BCUT2D eigenvalue weighted by Crippen LogP contribution is 2.27. The maximum Gasteiger partial charge on any atom is 0.131 e. The van der Waals surface area contributed by atoms with Crippen LogP contribution in [0.5, 0.6) is 5.75 Å². The zero-order valence-corrected chi connectivity index (χ0v) is 9.38. The van der Waals surface area contributed by atoms with Crippen molar-refractivity contribution in [2.75, 3.05) is 5.73 Å². The lowest BCUT2D eigenvalue weighted by atomic mass is 10.3. The summed E-state index contributed by atoms with van der Waals surface area (Å²) in [6.45, 7) is 0. The molecule has 1 aromatic carbocycles. The Labute approximate surface area is 95.3 Å². The quantitative estimate of drug-likeness (QED) is 0.803. The molecule has 0 bridgehead atoms. The number of nitrogens with two attached hydrogens (primary N) is 1. The third-order valence-electron chi connectivity index (χ3n) is 1.78. The molecule has 0 radical (unpaired) electrons. The van der Waals surface area contributed by atoms with Crippen LogP contribution in [0.2, 0.25) is 0 Å². The van der Waals surface area contributed by atoms with E-state index in [1.165, 1.54) is 11.5 Å². The molecule has 0 atom stereocenters. The van der Waals surface area contributed by atoms with Crippen molar-refractivity contribution in [3.05, 3.63) is 30.0 Å². The molecule has 2 aromatic rings. The first-order valence-electron chi connectivity index (χ1n) is 4.24. The van der Waals surface area contributed by atoms with Crippen molar-refractivity contribution in [3.63, 3.8) is 0 Å². The van der Waals surface area contributed by atoms with Crippen molar-refractivity contribution in [1.82, 2.24) is 9.59 Å². The van der Waals surface area contributed by atoms with Gasteiger partial charge in [0.15, 0.2) is 0 Å². The van der Waals surface area contributed by atoms with Crippen molar-refractivity contribution >= 4 is 28.3 Å². The number of benzene rings is 1. The number of aromatic nitrogens is 2. The molecule has 3 N–H and O–H groups in total. The molecule has 6 heteroatoms. The number of hydrogen-bond acceptors (Lipinski definition) is 6. The van der Waals surface area contributed by atoms with Crippen molar-refractivity contribution < 1.29 is 5.11 Å². The van der Waals surface area contributed by atoms with Crippen LogP contribution in [-0.2, 0) is 5.75 Å². The fourth-order valence-corrected chi connectivity index (χ4v) is 2.47. The van der Waals surface area contributed by atoms with Gasteiger partial charge in [0.2, 0.25) is 0 Å². The SMILES string of the molecule is Nc1snnc1CSc1cccc(O)c1. The molecular weight excluding hydrogens is 230 g/mol. The van der Waals surface area contributed by atoms with Crippen LogP contribution in [0, 0.1) is 0 Å². The Morgan fingerprint density at radius 1 is 1.47 bits per heavy atom. The Hall–Kier alpha value is -1.27. The lowest BCUT2D eigenvalue weighted by molar-refractivity contribution is 0.474. The normalized spacial score (nSPS) is 10.4. The molecule has 0 saturated carbocycles. The summed E-state index contributed by atoms with van der Waals surface area (Å²) in [5.41, 5.74) is 6.46. The number of rotatable bonds is 3. The second-order valence-corrected chi connectivity index (χ2v) is 4.70. The van der Waals surface area contributed by atoms with Crippen LogP contribution in [-0.4, -0.2) is 14.7 Å². The van der Waals surface area contributed by atoms with E-state index in [2.05, 4.69) is 9.59 Å². The van der Waals surface area contributed by atoms with E-state index in [0.29, 0.717) is 10.8 Å². The van der Waals surface area contributed by atoms with Gasteiger partial charge >= 0.3 is 0 Å². The summed E-state index contributed by atoms with van der Waals surface area (Å²) in [5, 5.41) is 13.8. The molecule has 0 spiro atoms. The fraction of sp³-hybridized carbons (Fsp3) is 0.111. The molecule has 0 amide bonds.